The lowest BCUT2D eigenvalue weighted by atomic mass is 10.1. The largest absolute Gasteiger partial charge is 0.328 e. The number of unbranched alkanes of at least 4 members (excludes halogenated alkanes) is 2. The van der Waals surface area contributed by atoms with Crippen molar-refractivity contribution < 1.29 is 20.2 Å². The van der Waals surface area contributed by atoms with E-state index in [1.165, 1.54) is 0 Å². The predicted molar refractivity (Wildman–Crippen MR) is 55.1 cm³/mol. The van der Waals surface area contributed by atoms with Crippen LogP contribution in [0.3, 0.4) is 0 Å². The summed E-state index contributed by atoms with van der Waals surface area (Å²) >= 11 is 0. The molecule has 0 fully saturated rings. The first kappa shape index (κ1) is 16.8. The molecule has 8 heteroatoms. The molecule has 0 bridgehead atoms. The van der Waals surface area contributed by atoms with Gasteiger partial charge in [-0.15, -0.1) is 20.2 Å². The fraction of sp³-hybridized carbons (Fsp3) is 1.00. The Morgan fingerprint density at radius 2 is 1.75 bits per heavy atom. The van der Waals surface area contributed by atoms with Gasteiger partial charge in [0.2, 0.25) is 0 Å². The average molecular weight is 238 g/mol. The maximum absolute atomic E-state index is 9.98. The molecular formula is C8H18N2O6. The van der Waals surface area contributed by atoms with Gasteiger partial charge in [0.15, 0.2) is 0 Å². The average Bonchev–Trinajstić information content (AvgIpc) is 2.15. The molecule has 0 saturated carbocycles. The minimum absolute atomic E-state index is 0.202. The maximum atomic E-state index is 9.98. The van der Waals surface area contributed by atoms with Crippen molar-refractivity contribution in [2.24, 2.45) is 0 Å². The smallest absolute Gasteiger partial charge is 0.294 e. The zero-order chi connectivity index (χ0) is 13.0. The van der Waals surface area contributed by atoms with Crippen molar-refractivity contribution in [3.05, 3.63) is 20.2 Å². The number of hydrogen-bond acceptors (Lipinski definition) is 5. The van der Waals surface area contributed by atoms with Crippen molar-refractivity contribution in [3.8, 4) is 0 Å². The highest BCUT2D eigenvalue weighted by molar-refractivity contribution is 4.53. The number of hydrogen-bond donors (Lipinski definition) is 1. The highest BCUT2D eigenvalue weighted by Crippen LogP contribution is 2.09. The molecule has 0 rings (SSSR count). The Hall–Kier alpha value is -1.60. The van der Waals surface area contributed by atoms with Crippen LogP contribution in [0, 0.1) is 20.2 Å². The van der Waals surface area contributed by atoms with Crippen molar-refractivity contribution in [1.29, 1.82) is 0 Å². The van der Waals surface area contributed by atoms with Gasteiger partial charge < -0.3 is 10.0 Å². The molecule has 0 spiro atoms. The van der Waals surface area contributed by atoms with Crippen molar-refractivity contribution in [1.82, 2.24) is 0 Å². The summed E-state index contributed by atoms with van der Waals surface area (Å²) in [4.78, 5) is 22.8. The van der Waals surface area contributed by atoms with Crippen molar-refractivity contribution in [2.75, 3.05) is 0 Å². The Labute approximate surface area is 93.4 Å². The predicted octanol–water partition coefficient (Wildman–Crippen LogP) is 2.21. The molecule has 0 saturated heterocycles. The van der Waals surface area contributed by atoms with Crippen LogP contribution in [0.25, 0.3) is 0 Å². The third-order valence-electron chi connectivity index (χ3n) is 1.82. The summed E-state index contributed by atoms with van der Waals surface area (Å²) in [5.74, 6) is 0. The molecule has 8 nitrogen and oxygen atoms in total. The second-order valence-corrected chi connectivity index (χ2v) is 3.09. The zero-order valence-corrected chi connectivity index (χ0v) is 9.50. The molecule has 1 atom stereocenters. The number of nitrogens with zero attached hydrogens (tertiary/aromatic N) is 2. The van der Waals surface area contributed by atoms with E-state index in [2.05, 4.69) is 11.8 Å². The van der Waals surface area contributed by atoms with Crippen LogP contribution in [-0.2, 0) is 4.84 Å². The molecule has 96 valence electrons. The lowest BCUT2D eigenvalue weighted by Crippen LogP contribution is -2.15. The quantitative estimate of drug-likeness (QED) is 0.413. The monoisotopic (exact) mass is 238 g/mol. The SMILES string of the molecule is CCCCCC(CC)O[N+](=O)[O-].O=[N+]([O-])O. The van der Waals surface area contributed by atoms with Gasteiger partial charge in [0, 0.05) is 0 Å². The molecule has 0 amide bonds. The maximum Gasteiger partial charge on any atom is 0.294 e. The zero-order valence-electron chi connectivity index (χ0n) is 9.50. The summed E-state index contributed by atoms with van der Waals surface area (Å²) < 4.78 is 0. The first-order chi connectivity index (χ1) is 7.43. The topological polar surface area (TPSA) is 116 Å². The van der Waals surface area contributed by atoms with E-state index in [4.69, 9.17) is 15.3 Å². The Bertz CT molecular complexity index is 195. The van der Waals surface area contributed by atoms with E-state index in [-0.39, 0.29) is 6.10 Å². The van der Waals surface area contributed by atoms with Crippen molar-refractivity contribution >= 4 is 0 Å². The molecule has 0 radical (unpaired) electrons. The van der Waals surface area contributed by atoms with E-state index in [0.717, 1.165) is 25.7 Å². The molecule has 0 heterocycles. The Morgan fingerprint density at radius 3 is 2.06 bits per heavy atom. The van der Waals surface area contributed by atoms with Crippen LogP contribution in [0.1, 0.15) is 46.0 Å². The van der Waals surface area contributed by atoms with Gasteiger partial charge in [-0.3, -0.25) is 0 Å². The third-order valence-corrected chi connectivity index (χ3v) is 1.82. The van der Waals surface area contributed by atoms with Gasteiger partial charge in [0.25, 0.3) is 10.2 Å². The third kappa shape index (κ3) is 18.2. The molecule has 0 aromatic heterocycles. The van der Waals surface area contributed by atoms with Gasteiger partial charge in [-0.2, -0.15) is 0 Å². The highest BCUT2D eigenvalue weighted by Gasteiger charge is 2.09. The molecule has 16 heavy (non-hydrogen) atoms. The van der Waals surface area contributed by atoms with Gasteiger partial charge in [-0.25, -0.2) is 0 Å². The molecule has 0 aliphatic carbocycles. The van der Waals surface area contributed by atoms with E-state index in [1.54, 1.807) is 0 Å². The van der Waals surface area contributed by atoms with Crippen LogP contribution in [0.2, 0.25) is 0 Å². The van der Waals surface area contributed by atoms with Crippen LogP contribution in [0.4, 0.5) is 0 Å². The summed E-state index contributed by atoms with van der Waals surface area (Å²) in [5.41, 5.74) is 0. The highest BCUT2D eigenvalue weighted by atomic mass is 17.0. The van der Waals surface area contributed by atoms with Gasteiger partial charge in [0.1, 0.15) is 6.10 Å². The normalized spacial score (nSPS) is 10.9. The molecule has 0 aromatic carbocycles. The van der Waals surface area contributed by atoms with E-state index >= 15 is 0 Å². The molecular weight excluding hydrogens is 220 g/mol. The lowest BCUT2D eigenvalue weighted by molar-refractivity contribution is -0.768. The lowest BCUT2D eigenvalue weighted by Gasteiger charge is -2.11. The van der Waals surface area contributed by atoms with Crippen LogP contribution >= 0.6 is 0 Å². The minimum atomic E-state index is -1.50. The summed E-state index contributed by atoms with van der Waals surface area (Å²) in [5, 5.41) is 22.9. The summed E-state index contributed by atoms with van der Waals surface area (Å²) in [6.45, 7) is 4.01. The molecule has 0 aliphatic heterocycles. The van der Waals surface area contributed by atoms with Gasteiger partial charge >= 0.3 is 0 Å². The van der Waals surface area contributed by atoms with Gasteiger partial charge in [0.05, 0.1) is 0 Å². The van der Waals surface area contributed by atoms with E-state index < -0.39 is 10.2 Å². The fourth-order valence-electron chi connectivity index (χ4n) is 1.08. The van der Waals surface area contributed by atoms with E-state index in [9.17, 15) is 10.1 Å². The van der Waals surface area contributed by atoms with Crippen LogP contribution in [0.15, 0.2) is 0 Å². The summed E-state index contributed by atoms with van der Waals surface area (Å²) in [6, 6.07) is 0. The molecule has 1 unspecified atom stereocenters. The number of rotatable bonds is 7. The van der Waals surface area contributed by atoms with Crippen LogP contribution in [-0.4, -0.2) is 21.5 Å². The Kier molecular flexibility index (Phi) is 12.1. The molecule has 0 aromatic rings. The minimum Gasteiger partial charge on any atom is -0.328 e. The fourth-order valence-corrected chi connectivity index (χ4v) is 1.08. The second-order valence-electron chi connectivity index (χ2n) is 3.09. The van der Waals surface area contributed by atoms with E-state index in [0.29, 0.717) is 6.42 Å². The van der Waals surface area contributed by atoms with Crippen molar-refractivity contribution in [3.63, 3.8) is 0 Å². The Balaban J connectivity index is 0. The second kappa shape index (κ2) is 11.5. The van der Waals surface area contributed by atoms with Gasteiger partial charge in [-0.1, -0.05) is 33.1 Å². The standard InChI is InChI=1S/C8H17NO3.HNO3/c1-3-5-6-7-8(4-2)12-9(10)11;2-1(3)4/h8H,3-7H2,1-2H3;(H,2,3,4). The van der Waals surface area contributed by atoms with E-state index in [1.807, 2.05) is 6.92 Å². The van der Waals surface area contributed by atoms with Crippen molar-refractivity contribution in [2.45, 2.75) is 52.1 Å². The van der Waals surface area contributed by atoms with Crippen LogP contribution in [0.5, 0.6) is 0 Å². The summed E-state index contributed by atoms with van der Waals surface area (Å²) in [7, 11) is 0. The molecule has 0 aliphatic rings. The first-order valence-electron chi connectivity index (χ1n) is 5.08. The first-order valence-corrected chi connectivity index (χ1v) is 5.08. The van der Waals surface area contributed by atoms with Gasteiger partial charge in [-0.05, 0) is 12.8 Å². The molecule has 1 N–H and O–H groups in total. The summed E-state index contributed by atoms with van der Waals surface area (Å²) in [6.07, 6.45) is 4.58. The Morgan fingerprint density at radius 1 is 1.25 bits per heavy atom. The van der Waals surface area contributed by atoms with Crippen LogP contribution < -0.4 is 0 Å².